The number of aromatic nitrogens is 1. The van der Waals surface area contributed by atoms with Crippen molar-refractivity contribution in [1.29, 1.82) is 0 Å². The number of alkyl halides is 3. The second-order valence-corrected chi connectivity index (χ2v) is 7.27. The van der Waals surface area contributed by atoms with E-state index >= 15 is 0 Å². The van der Waals surface area contributed by atoms with Gasteiger partial charge in [-0.3, -0.25) is 9.78 Å². The summed E-state index contributed by atoms with van der Waals surface area (Å²) in [6.45, 7) is 1.16. The normalized spacial score (nSPS) is 31.8. The Hall–Kier alpha value is -1.67. The van der Waals surface area contributed by atoms with Crippen LogP contribution in [0.4, 0.5) is 13.2 Å². The topological polar surface area (TPSA) is 68.5 Å². The third-order valence-electron chi connectivity index (χ3n) is 5.71. The summed E-state index contributed by atoms with van der Waals surface area (Å²) >= 11 is 0. The number of pyridine rings is 1. The number of carbonyl (C=O) groups excluding carboxylic acids is 1. The maximum Gasteiger partial charge on any atom is 0.417 e. The van der Waals surface area contributed by atoms with Crippen LogP contribution in [0, 0.1) is 5.41 Å². The Morgan fingerprint density at radius 2 is 2.24 bits per heavy atom. The molecular formula is C17H20F3N3O2. The number of halogens is 3. The monoisotopic (exact) mass is 355 g/mol. The zero-order valence-corrected chi connectivity index (χ0v) is 13.7. The van der Waals surface area contributed by atoms with E-state index in [9.17, 15) is 18.0 Å². The van der Waals surface area contributed by atoms with E-state index in [1.54, 1.807) is 4.90 Å². The molecule has 1 saturated carbocycles. The highest BCUT2D eigenvalue weighted by Crippen LogP contribution is 2.48. The van der Waals surface area contributed by atoms with Gasteiger partial charge in [-0.2, -0.15) is 13.2 Å². The van der Waals surface area contributed by atoms with Gasteiger partial charge in [-0.15, -0.1) is 0 Å². The van der Waals surface area contributed by atoms with Gasteiger partial charge < -0.3 is 15.4 Å². The van der Waals surface area contributed by atoms with Crippen LogP contribution in [0.2, 0.25) is 0 Å². The van der Waals surface area contributed by atoms with Gasteiger partial charge in [0.15, 0.2) is 0 Å². The van der Waals surface area contributed by atoms with Crippen molar-refractivity contribution in [1.82, 2.24) is 9.88 Å². The summed E-state index contributed by atoms with van der Waals surface area (Å²) in [5, 5.41) is 0. The second-order valence-electron chi connectivity index (χ2n) is 7.27. The van der Waals surface area contributed by atoms with Crippen LogP contribution in [0.3, 0.4) is 0 Å². The first-order chi connectivity index (χ1) is 11.8. The van der Waals surface area contributed by atoms with Gasteiger partial charge in [-0.05, 0) is 30.9 Å². The van der Waals surface area contributed by atoms with Gasteiger partial charge in [0.25, 0.3) is 0 Å². The third kappa shape index (κ3) is 2.71. The Labute approximate surface area is 143 Å². The number of ether oxygens (including phenoxy) is 1. The number of fused-ring (bicyclic) bond motifs is 2. The number of hydrogen-bond donors (Lipinski definition) is 1. The van der Waals surface area contributed by atoms with Crippen molar-refractivity contribution in [3.63, 3.8) is 0 Å². The summed E-state index contributed by atoms with van der Waals surface area (Å²) in [7, 11) is 0. The number of rotatable bonds is 1. The van der Waals surface area contributed by atoms with Crippen LogP contribution in [0.1, 0.15) is 36.1 Å². The van der Waals surface area contributed by atoms with Crippen molar-refractivity contribution in [2.24, 2.45) is 11.1 Å². The minimum Gasteiger partial charge on any atom is -0.377 e. The molecule has 25 heavy (non-hydrogen) atoms. The molecule has 0 aromatic carbocycles. The van der Waals surface area contributed by atoms with E-state index in [2.05, 4.69) is 4.98 Å². The molecule has 136 valence electrons. The van der Waals surface area contributed by atoms with E-state index in [0.717, 1.165) is 12.3 Å². The van der Waals surface area contributed by atoms with Crippen LogP contribution in [0.25, 0.3) is 0 Å². The van der Waals surface area contributed by atoms with Gasteiger partial charge in [0.05, 0.1) is 17.1 Å². The molecule has 3 heterocycles. The Morgan fingerprint density at radius 3 is 3.00 bits per heavy atom. The first-order valence-electron chi connectivity index (χ1n) is 8.51. The molecule has 0 radical (unpaired) electrons. The third-order valence-corrected chi connectivity index (χ3v) is 5.71. The van der Waals surface area contributed by atoms with Gasteiger partial charge in [0, 0.05) is 44.0 Å². The number of nitrogens with two attached hydrogens (primary N) is 1. The standard InChI is InChI=1S/C17H20F3N3O2/c18-17(19,20)11-5-10-9-23(3-1-13(10)22-8-11)15(24)16-2-4-25-14(16)6-12(21)7-16/h5,8,12,14H,1-4,6-7,9,21H2. The smallest absolute Gasteiger partial charge is 0.377 e. The predicted octanol–water partition coefficient (Wildman–Crippen LogP) is 1.88. The molecule has 2 fully saturated rings. The zero-order chi connectivity index (χ0) is 17.8. The average molecular weight is 355 g/mol. The molecule has 2 N–H and O–H groups in total. The Kier molecular flexibility index (Phi) is 3.81. The van der Waals surface area contributed by atoms with Crippen molar-refractivity contribution in [3.8, 4) is 0 Å². The molecule has 1 aliphatic carbocycles. The molecule has 1 aromatic rings. The fourth-order valence-electron chi connectivity index (χ4n) is 4.46. The van der Waals surface area contributed by atoms with E-state index in [4.69, 9.17) is 10.5 Å². The summed E-state index contributed by atoms with van der Waals surface area (Å²) in [5.41, 5.74) is 5.77. The molecule has 8 heteroatoms. The van der Waals surface area contributed by atoms with Gasteiger partial charge in [0.1, 0.15) is 0 Å². The molecule has 4 rings (SSSR count). The lowest BCUT2D eigenvalue weighted by atomic mass is 9.80. The van der Waals surface area contributed by atoms with Crippen molar-refractivity contribution in [2.75, 3.05) is 13.2 Å². The molecule has 5 nitrogen and oxygen atoms in total. The van der Waals surface area contributed by atoms with Crippen LogP contribution < -0.4 is 5.73 Å². The lowest BCUT2D eigenvalue weighted by Gasteiger charge is -2.36. The van der Waals surface area contributed by atoms with Crippen molar-refractivity contribution < 1.29 is 22.7 Å². The van der Waals surface area contributed by atoms with Gasteiger partial charge in [-0.1, -0.05) is 0 Å². The minimum atomic E-state index is -4.43. The van der Waals surface area contributed by atoms with E-state index < -0.39 is 17.2 Å². The fourth-order valence-corrected chi connectivity index (χ4v) is 4.46. The maximum absolute atomic E-state index is 13.2. The second kappa shape index (κ2) is 5.67. The predicted molar refractivity (Wildman–Crippen MR) is 82.4 cm³/mol. The number of nitrogens with zero attached hydrogens (tertiary/aromatic N) is 2. The van der Waals surface area contributed by atoms with E-state index in [1.807, 2.05) is 0 Å². The molecule has 1 amide bonds. The summed E-state index contributed by atoms with van der Waals surface area (Å²) in [4.78, 5) is 18.8. The fraction of sp³-hybridized carbons (Fsp3) is 0.647. The summed E-state index contributed by atoms with van der Waals surface area (Å²) in [6.07, 6.45) is -1.39. The molecule has 2 aliphatic heterocycles. The number of carbonyl (C=O) groups is 1. The molecule has 3 aliphatic rings. The van der Waals surface area contributed by atoms with Crippen LogP contribution in [-0.2, 0) is 28.7 Å². The SMILES string of the molecule is NC1CC2OCCC2(C(=O)N2CCc3ncc(C(F)(F)F)cc3C2)C1. The molecule has 0 bridgehead atoms. The van der Waals surface area contributed by atoms with Gasteiger partial charge in [0.2, 0.25) is 5.91 Å². The Morgan fingerprint density at radius 1 is 1.44 bits per heavy atom. The number of amides is 1. The molecular weight excluding hydrogens is 335 g/mol. The Balaban J connectivity index is 1.59. The van der Waals surface area contributed by atoms with Crippen LogP contribution in [-0.4, -0.2) is 41.1 Å². The van der Waals surface area contributed by atoms with Gasteiger partial charge >= 0.3 is 6.18 Å². The average Bonchev–Trinajstić information content (AvgIpc) is 3.09. The quantitative estimate of drug-likeness (QED) is 0.835. The first kappa shape index (κ1) is 16.8. The molecule has 0 spiro atoms. The summed E-state index contributed by atoms with van der Waals surface area (Å²) in [6, 6.07) is 1.05. The summed E-state index contributed by atoms with van der Waals surface area (Å²) in [5.74, 6) is -0.0361. The molecule has 3 atom stereocenters. The van der Waals surface area contributed by atoms with Crippen molar-refractivity contribution in [3.05, 3.63) is 29.1 Å². The largest absolute Gasteiger partial charge is 0.417 e. The minimum absolute atomic E-state index is 0.0361. The van der Waals surface area contributed by atoms with E-state index in [1.165, 1.54) is 0 Å². The molecule has 3 unspecified atom stereocenters. The molecule has 1 aromatic heterocycles. The highest BCUT2D eigenvalue weighted by atomic mass is 19.4. The highest BCUT2D eigenvalue weighted by Gasteiger charge is 2.56. The maximum atomic E-state index is 13.2. The lowest BCUT2D eigenvalue weighted by Crippen LogP contribution is -2.48. The Bertz CT molecular complexity index is 709. The van der Waals surface area contributed by atoms with Crippen LogP contribution >= 0.6 is 0 Å². The van der Waals surface area contributed by atoms with Crippen LogP contribution in [0.5, 0.6) is 0 Å². The van der Waals surface area contributed by atoms with E-state index in [0.29, 0.717) is 50.1 Å². The van der Waals surface area contributed by atoms with Crippen LogP contribution in [0.15, 0.2) is 12.3 Å². The summed E-state index contributed by atoms with van der Waals surface area (Å²) < 4.78 is 44.5. The van der Waals surface area contributed by atoms with Gasteiger partial charge in [-0.25, -0.2) is 0 Å². The first-order valence-corrected chi connectivity index (χ1v) is 8.51. The number of hydrogen-bond acceptors (Lipinski definition) is 4. The van der Waals surface area contributed by atoms with Crippen molar-refractivity contribution in [2.45, 2.75) is 50.6 Å². The molecule has 1 saturated heterocycles. The van der Waals surface area contributed by atoms with E-state index in [-0.39, 0.29) is 24.6 Å². The van der Waals surface area contributed by atoms with Crippen molar-refractivity contribution >= 4 is 5.91 Å². The zero-order valence-electron chi connectivity index (χ0n) is 13.7. The highest BCUT2D eigenvalue weighted by molar-refractivity contribution is 5.84. The lowest BCUT2D eigenvalue weighted by molar-refractivity contribution is -0.145.